The summed E-state index contributed by atoms with van der Waals surface area (Å²) < 4.78 is 20.3. The molecular formula is C24H23FN2O3. The highest BCUT2D eigenvalue weighted by Crippen LogP contribution is 2.43. The molecule has 0 bridgehead atoms. The molecule has 1 aromatic carbocycles. The van der Waals surface area contributed by atoms with E-state index < -0.39 is 23.1 Å². The fraction of sp³-hybridized carbons (Fsp3) is 0.417. The number of hydrogen-bond acceptors (Lipinski definition) is 5. The number of nitriles is 1. The molecule has 0 spiro atoms. The molecule has 0 saturated heterocycles. The summed E-state index contributed by atoms with van der Waals surface area (Å²) in [7, 11) is 0. The number of nitrogens with zero attached hydrogens (tertiary/aromatic N) is 2. The largest absolute Gasteiger partial charge is 0.461 e. The minimum Gasteiger partial charge on any atom is -0.461 e. The highest BCUT2D eigenvalue weighted by Gasteiger charge is 2.39. The standard InChI is InChI=1S/C24H23FN2O3/c1-12-9-19(28)23-18(25)8-7-16(24(23)30-12)22-17(11-26)13(2)27-14(3)21(22)20(29)10-15-5-4-6-15/h7-9,15,17,22H,4-6,10H2,1-3H3. The number of allylic oxidation sites excluding steroid dienone is 2. The van der Waals surface area contributed by atoms with Crippen molar-refractivity contribution in [1.29, 1.82) is 5.26 Å². The van der Waals surface area contributed by atoms with Gasteiger partial charge in [-0.1, -0.05) is 25.3 Å². The van der Waals surface area contributed by atoms with E-state index in [1.165, 1.54) is 18.2 Å². The van der Waals surface area contributed by atoms with Crippen LogP contribution in [0.5, 0.6) is 0 Å². The number of Topliss-reactive ketones (excluding diaryl/α,β-unsaturated/α-hetero) is 1. The highest BCUT2D eigenvalue weighted by molar-refractivity contribution is 6.03. The number of benzene rings is 1. The number of ketones is 1. The van der Waals surface area contributed by atoms with Gasteiger partial charge in [-0.25, -0.2) is 4.39 Å². The third-order valence-electron chi connectivity index (χ3n) is 6.28. The number of aryl methyl sites for hydroxylation is 1. The molecule has 2 atom stereocenters. The summed E-state index contributed by atoms with van der Waals surface area (Å²) in [6, 6.07) is 6.25. The fourth-order valence-electron chi connectivity index (χ4n) is 4.58. The molecule has 2 heterocycles. The van der Waals surface area contributed by atoms with Gasteiger partial charge in [0.1, 0.15) is 22.5 Å². The molecule has 6 heteroatoms. The number of carbonyl (C=O) groups excluding carboxylic acids is 1. The van der Waals surface area contributed by atoms with Gasteiger partial charge in [0.05, 0.1) is 12.0 Å². The van der Waals surface area contributed by atoms with Gasteiger partial charge in [-0.3, -0.25) is 14.6 Å². The Balaban J connectivity index is 1.95. The summed E-state index contributed by atoms with van der Waals surface area (Å²) in [4.78, 5) is 30.3. The number of halogens is 1. The zero-order valence-corrected chi connectivity index (χ0v) is 17.3. The van der Waals surface area contributed by atoms with Gasteiger partial charge in [-0.2, -0.15) is 5.26 Å². The first-order valence-electron chi connectivity index (χ1n) is 10.2. The van der Waals surface area contributed by atoms with Crippen LogP contribution >= 0.6 is 0 Å². The lowest BCUT2D eigenvalue weighted by atomic mass is 9.72. The van der Waals surface area contributed by atoms with Gasteiger partial charge in [-0.15, -0.1) is 0 Å². The maximum atomic E-state index is 14.5. The van der Waals surface area contributed by atoms with E-state index in [1.807, 2.05) is 0 Å². The monoisotopic (exact) mass is 406 g/mol. The summed E-state index contributed by atoms with van der Waals surface area (Å²) in [5.41, 5.74) is 1.72. The maximum absolute atomic E-state index is 14.5. The predicted octanol–water partition coefficient (Wildman–Crippen LogP) is 4.97. The van der Waals surface area contributed by atoms with Crippen molar-refractivity contribution in [3.63, 3.8) is 0 Å². The van der Waals surface area contributed by atoms with Crippen LogP contribution in [0.3, 0.4) is 0 Å². The van der Waals surface area contributed by atoms with Crippen molar-refractivity contribution >= 4 is 22.5 Å². The van der Waals surface area contributed by atoms with Crippen LogP contribution in [-0.4, -0.2) is 11.5 Å². The molecule has 5 nitrogen and oxygen atoms in total. The molecular weight excluding hydrogens is 383 g/mol. The van der Waals surface area contributed by atoms with Gasteiger partial charge in [-0.05, 0) is 32.8 Å². The van der Waals surface area contributed by atoms with E-state index in [9.17, 15) is 19.2 Å². The van der Waals surface area contributed by atoms with Crippen molar-refractivity contribution in [2.75, 3.05) is 0 Å². The average molecular weight is 406 g/mol. The lowest BCUT2D eigenvalue weighted by molar-refractivity contribution is -0.117. The quantitative estimate of drug-likeness (QED) is 0.717. The van der Waals surface area contributed by atoms with Gasteiger partial charge < -0.3 is 4.42 Å². The summed E-state index contributed by atoms with van der Waals surface area (Å²) >= 11 is 0. The second kappa shape index (κ2) is 7.64. The summed E-state index contributed by atoms with van der Waals surface area (Å²) in [6.45, 7) is 5.14. The van der Waals surface area contributed by atoms with Crippen molar-refractivity contribution in [2.45, 2.75) is 52.4 Å². The van der Waals surface area contributed by atoms with Gasteiger partial charge in [0, 0.05) is 41.0 Å². The average Bonchev–Trinajstić information content (AvgIpc) is 2.64. The lowest BCUT2D eigenvalue weighted by Gasteiger charge is -2.32. The molecule has 1 aromatic heterocycles. The molecule has 1 aliphatic carbocycles. The Morgan fingerprint density at radius 3 is 2.67 bits per heavy atom. The van der Waals surface area contributed by atoms with E-state index in [0.29, 0.717) is 40.6 Å². The van der Waals surface area contributed by atoms with Crippen LogP contribution in [0.2, 0.25) is 0 Å². The van der Waals surface area contributed by atoms with Crippen LogP contribution in [0.4, 0.5) is 4.39 Å². The predicted molar refractivity (Wildman–Crippen MR) is 112 cm³/mol. The minimum atomic E-state index is -0.700. The van der Waals surface area contributed by atoms with E-state index in [0.717, 1.165) is 19.3 Å². The Morgan fingerprint density at radius 1 is 1.30 bits per heavy atom. The lowest BCUT2D eigenvalue weighted by Crippen LogP contribution is -2.30. The first kappa shape index (κ1) is 20.2. The number of fused-ring (bicyclic) bond motifs is 1. The van der Waals surface area contributed by atoms with Crippen LogP contribution in [-0.2, 0) is 4.79 Å². The molecule has 4 rings (SSSR count). The fourth-order valence-corrected chi connectivity index (χ4v) is 4.58. The molecule has 0 radical (unpaired) electrons. The highest BCUT2D eigenvalue weighted by atomic mass is 19.1. The third kappa shape index (κ3) is 3.28. The van der Waals surface area contributed by atoms with E-state index in [1.54, 1.807) is 20.8 Å². The Bertz CT molecular complexity index is 1210. The van der Waals surface area contributed by atoms with Crippen molar-refractivity contribution in [1.82, 2.24) is 0 Å². The van der Waals surface area contributed by atoms with Crippen molar-refractivity contribution in [3.05, 3.63) is 56.8 Å². The van der Waals surface area contributed by atoms with Crippen LogP contribution in [0.15, 0.2) is 43.7 Å². The third-order valence-corrected chi connectivity index (χ3v) is 6.28. The maximum Gasteiger partial charge on any atom is 0.195 e. The molecule has 1 saturated carbocycles. The number of rotatable bonds is 4. The van der Waals surface area contributed by atoms with Gasteiger partial charge in [0.2, 0.25) is 0 Å². The molecule has 1 aliphatic heterocycles. The second-order valence-corrected chi connectivity index (χ2v) is 8.32. The molecule has 1 fully saturated rings. The number of hydrogen-bond donors (Lipinski definition) is 0. The molecule has 2 unspecified atom stereocenters. The molecule has 0 amide bonds. The Hall–Kier alpha value is -3.07. The molecule has 2 aromatic rings. The number of carbonyl (C=O) groups is 1. The van der Waals surface area contributed by atoms with Crippen LogP contribution in [0, 0.1) is 35.9 Å². The Kier molecular flexibility index (Phi) is 5.15. The van der Waals surface area contributed by atoms with Gasteiger partial charge in [0.15, 0.2) is 11.2 Å². The van der Waals surface area contributed by atoms with Gasteiger partial charge >= 0.3 is 0 Å². The summed E-state index contributed by atoms with van der Waals surface area (Å²) in [5, 5.41) is 9.77. The number of aliphatic imine (C=N–C) groups is 1. The summed E-state index contributed by atoms with van der Waals surface area (Å²) in [5.74, 6) is -1.37. The first-order valence-corrected chi connectivity index (χ1v) is 10.2. The van der Waals surface area contributed by atoms with E-state index in [-0.39, 0.29) is 16.8 Å². The molecule has 2 aliphatic rings. The smallest absolute Gasteiger partial charge is 0.195 e. The zero-order valence-electron chi connectivity index (χ0n) is 17.3. The Labute approximate surface area is 173 Å². The van der Waals surface area contributed by atoms with Crippen LogP contribution < -0.4 is 5.43 Å². The minimum absolute atomic E-state index is 0.0359. The van der Waals surface area contributed by atoms with Crippen molar-refractivity contribution in [2.24, 2.45) is 16.8 Å². The first-order chi connectivity index (χ1) is 14.3. The van der Waals surface area contributed by atoms with Crippen molar-refractivity contribution < 1.29 is 13.6 Å². The SMILES string of the molecule is CC1=NC(C)=C(C(=O)CC2CCC2)C(c2ccc(F)c3c(=O)cc(C)oc23)C1C#N. The normalized spacial score (nSPS) is 21.9. The Morgan fingerprint density at radius 2 is 2.03 bits per heavy atom. The second-order valence-electron chi connectivity index (χ2n) is 8.32. The van der Waals surface area contributed by atoms with Crippen LogP contribution in [0.1, 0.15) is 56.8 Å². The molecule has 30 heavy (non-hydrogen) atoms. The summed E-state index contributed by atoms with van der Waals surface area (Å²) in [6.07, 6.45) is 3.60. The van der Waals surface area contributed by atoms with Crippen molar-refractivity contribution in [3.8, 4) is 6.07 Å². The van der Waals surface area contributed by atoms with Crippen LogP contribution in [0.25, 0.3) is 11.0 Å². The van der Waals surface area contributed by atoms with E-state index >= 15 is 0 Å². The van der Waals surface area contributed by atoms with Gasteiger partial charge in [0.25, 0.3) is 0 Å². The zero-order chi connectivity index (χ0) is 21.6. The molecule has 154 valence electrons. The van der Waals surface area contributed by atoms with E-state index in [2.05, 4.69) is 11.1 Å². The molecule has 0 N–H and O–H groups in total. The van der Waals surface area contributed by atoms with E-state index in [4.69, 9.17) is 4.42 Å². The topological polar surface area (TPSA) is 83.4 Å².